The number of aliphatic carboxylic acids is 1. The number of benzene rings is 2. The van der Waals surface area contributed by atoms with E-state index in [-0.39, 0.29) is 24.9 Å². The molecule has 0 saturated heterocycles. The summed E-state index contributed by atoms with van der Waals surface area (Å²) in [7, 11) is 0. The van der Waals surface area contributed by atoms with E-state index in [4.69, 9.17) is 10.00 Å². The van der Waals surface area contributed by atoms with E-state index in [1.54, 1.807) is 0 Å². The van der Waals surface area contributed by atoms with E-state index >= 15 is 0 Å². The van der Waals surface area contributed by atoms with Crippen molar-refractivity contribution in [3.8, 4) is 17.2 Å². The molecule has 2 aliphatic rings. The van der Waals surface area contributed by atoms with E-state index in [9.17, 15) is 19.5 Å². The third-order valence-corrected chi connectivity index (χ3v) is 6.64. The van der Waals surface area contributed by atoms with Gasteiger partial charge < -0.3 is 20.5 Å². The summed E-state index contributed by atoms with van der Waals surface area (Å²) >= 11 is 0. The number of ether oxygens (including phenoxy) is 1. The Balaban J connectivity index is 1.40. The SMILES string of the molecule is N#CCCCCC(NC(=O)OCC1c2ccccc2-c2ccccc21)C(=O)NC(C(=O)O)C1CC1. The summed E-state index contributed by atoms with van der Waals surface area (Å²) in [4.78, 5) is 37.1. The summed E-state index contributed by atoms with van der Waals surface area (Å²) in [5, 5.41) is 23.4. The molecule has 2 aliphatic carbocycles. The third kappa shape index (κ3) is 5.80. The highest BCUT2D eigenvalue weighted by Crippen LogP contribution is 2.44. The average molecular weight is 476 g/mol. The van der Waals surface area contributed by atoms with Crippen LogP contribution in [-0.2, 0) is 14.3 Å². The van der Waals surface area contributed by atoms with Gasteiger partial charge in [-0.05, 0) is 60.3 Å². The number of nitrogens with zero attached hydrogens (tertiary/aromatic N) is 1. The molecule has 0 aromatic heterocycles. The molecule has 2 aromatic carbocycles. The second kappa shape index (κ2) is 11.0. The standard InChI is InChI=1S/C27H29N3O5/c28-15-7-1-2-12-23(25(31)30-24(26(32)33)17-13-14-17)29-27(34)35-16-22-20-10-5-3-8-18(20)19-9-4-6-11-21(19)22/h3-6,8-11,17,22-24H,1-2,7,12-14,16H2,(H,29,34)(H,30,31)(H,32,33). The zero-order chi connectivity index (χ0) is 24.8. The molecule has 182 valence electrons. The zero-order valence-electron chi connectivity index (χ0n) is 19.4. The topological polar surface area (TPSA) is 129 Å². The number of nitriles is 1. The second-order valence-electron chi connectivity index (χ2n) is 9.09. The van der Waals surface area contributed by atoms with Gasteiger partial charge in [0.15, 0.2) is 0 Å². The van der Waals surface area contributed by atoms with Gasteiger partial charge in [0.1, 0.15) is 18.7 Å². The van der Waals surface area contributed by atoms with Crippen molar-refractivity contribution < 1.29 is 24.2 Å². The van der Waals surface area contributed by atoms with Gasteiger partial charge in [-0.3, -0.25) is 4.79 Å². The van der Waals surface area contributed by atoms with Gasteiger partial charge in [-0.1, -0.05) is 48.5 Å². The van der Waals surface area contributed by atoms with Gasteiger partial charge in [0, 0.05) is 12.3 Å². The van der Waals surface area contributed by atoms with Gasteiger partial charge >= 0.3 is 12.1 Å². The molecule has 2 atom stereocenters. The van der Waals surface area contributed by atoms with Crippen LogP contribution in [0.3, 0.4) is 0 Å². The zero-order valence-corrected chi connectivity index (χ0v) is 19.4. The van der Waals surface area contributed by atoms with E-state index in [2.05, 4.69) is 28.8 Å². The predicted octanol–water partition coefficient (Wildman–Crippen LogP) is 3.96. The normalized spacial score (nSPS) is 15.7. The fourth-order valence-corrected chi connectivity index (χ4v) is 4.67. The number of carboxylic acid groups (broad SMARTS) is 1. The molecule has 0 radical (unpaired) electrons. The van der Waals surface area contributed by atoms with Crippen molar-refractivity contribution in [2.75, 3.05) is 6.61 Å². The summed E-state index contributed by atoms with van der Waals surface area (Å²) in [6, 6.07) is 16.2. The number of nitrogens with one attached hydrogen (secondary N) is 2. The Labute approximate surface area is 204 Å². The summed E-state index contributed by atoms with van der Waals surface area (Å²) in [6.45, 7) is 0.114. The first kappa shape index (κ1) is 24.3. The highest BCUT2D eigenvalue weighted by atomic mass is 16.5. The van der Waals surface area contributed by atoms with Crippen LogP contribution in [0.1, 0.15) is 55.6 Å². The van der Waals surface area contributed by atoms with Crippen LogP contribution in [0, 0.1) is 17.2 Å². The molecule has 0 heterocycles. The number of amides is 2. The van der Waals surface area contributed by atoms with Gasteiger partial charge in [0.05, 0.1) is 6.07 Å². The maximum atomic E-state index is 12.9. The first-order valence-corrected chi connectivity index (χ1v) is 12.0. The van der Waals surface area contributed by atoms with E-state index < -0.39 is 30.1 Å². The van der Waals surface area contributed by atoms with Crippen LogP contribution in [0.4, 0.5) is 4.79 Å². The lowest BCUT2D eigenvalue weighted by molar-refractivity contribution is -0.142. The molecule has 35 heavy (non-hydrogen) atoms. The van der Waals surface area contributed by atoms with Crippen LogP contribution in [-0.4, -0.2) is 41.8 Å². The average Bonchev–Trinajstić information content (AvgIpc) is 3.65. The smallest absolute Gasteiger partial charge is 0.407 e. The third-order valence-electron chi connectivity index (χ3n) is 6.64. The molecular formula is C27H29N3O5. The Hall–Kier alpha value is -3.86. The maximum absolute atomic E-state index is 12.9. The van der Waals surface area contributed by atoms with E-state index in [1.807, 2.05) is 36.4 Å². The molecule has 4 rings (SSSR count). The minimum Gasteiger partial charge on any atom is -0.480 e. The lowest BCUT2D eigenvalue weighted by Gasteiger charge is -2.22. The molecule has 8 heteroatoms. The summed E-state index contributed by atoms with van der Waals surface area (Å²) in [5.41, 5.74) is 4.40. The Bertz CT molecular complexity index is 1090. The minimum atomic E-state index is -1.08. The number of carbonyl (C=O) groups excluding carboxylic acids is 2. The van der Waals surface area contributed by atoms with E-state index in [0.717, 1.165) is 35.1 Å². The Kier molecular flexibility index (Phi) is 7.66. The summed E-state index contributed by atoms with van der Waals surface area (Å²) in [5.74, 6) is -1.81. The van der Waals surface area contributed by atoms with Crippen molar-refractivity contribution in [1.29, 1.82) is 5.26 Å². The number of carbonyl (C=O) groups is 3. The molecular weight excluding hydrogens is 446 g/mol. The van der Waals surface area contributed by atoms with Crippen molar-refractivity contribution >= 4 is 18.0 Å². The van der Waals surface area contributed by atoms with Crippen LogP contribution >= 0.6 is 0 Å². The fraction of sp³-hybridized carbons (Fsp3) is 0.407. The molecule has 2 unspecified atom stereocenters. The Morgan fingerprint density at radius 1 is 1.00 bits per heavy atom. The first-order chi connectivity index (χ1) is 17.0. The largest absolute Gasteiger partial charge is 0.480 e. The van der Waals surface area contributed by atoms with Crippen molar-refractivity contribution in [3.63, 3.8) is 0 Å². The van der Waals surface area contributed by atoms with Gasteiger partial charge in [0.2, 0.25) is 5.91 Å². The number of alkyl carbamates (subject to hydrolysis) is 1. The molecule has 1 fully saturated rings. The number of rotatable bonds is 11. The first-order valence-electron chi connectivity index (χ1n) is 12.0. The minimum absolute atomic E-state index is 0.0786. The van der Waals surface area contributed by atoms with Crippen molar-refractivity contribution in [2.24, 2.45) is 5.92 Å². The van der Waals surface area contributed by atoms with Gasteiger partial charge in [0.25, 0.3) is 0 Å². The number of unbranched alkanes of at least 4 members (excludes halogenated alkanes) is 2. The number of hydrogen-bond acceptors (Lipinski definition) is 5. The number of fused-ring (bicyclic) bond motifs is 3. The van der Waals surface area contributed by atoms with Gasteiger partial charge in [-0.25, -0.2) is 9.59 Å². The van der Waals surface area contributed by atoms with Crippen LogP contribution < -0.4 is 10.6 Å². The summed E-state index contributed by atoms with van der Waals surface area (Å²) in [6.07, 6.45) is 2.53. The molecule has 0 spiro atoms. The highest BCUT2D eigenvalue weighted by molar-refractivity contribution is 5.89. The monoisotopic (exact) mass is 475 g/mol. The molecule has 1 saturated carbocycles. The lowest BCUT2D eigenvalue weighted by atomic mass is 9.98. The van der Waals surface area contributed by atoms with Gasteiger partial charge in [-0.15, -0.1) is 0 Å². The Morgan fingerprint density at radius 3 is 2.20 bits per heavy atom. The molecule has 2 aromatic rings. The second-order valence-corrected chi connectivity index (χ2v) is 9.09. The maximum Gasteiger partial charge on any atom is 0.407 e. The lowest BCUT2D eigenvalue weighted by Crippen LogP contribution is -2.52. The summed E-state index contributed by atoms with van der Waals surface area (Å²) < 4.78 is 5.56. The molecule has 3 N–H and O–H groups in total. The van der Waals surface area contributed by atoms with Crippen molar-refractivity contribution in [3.05, 3.63) is 59.7 Å². The fourth-order valence-electron chi connectivity index (χ4n) is 4.67. The van der Waals surface area contributed by atoms with Gasteiger partial charge in [-0.2, -0.15) is 5.26 Å². The van der Waals surface area contributed by atoms with Crippen molar-refractivity contribution in [1.82, 2.24) is 10.6 Å². The molecule has 0 aliphatic heterocycles. The van der Waals surface area contributed by atoms with E-state index in [1.165, 1.54) is 0 Å². The molecule has 8 nitrogen and oxygen atoms in total. The highest BCUT2D eigenvalue weighted by Gasteiger charge is 2.38. The Morgan fingerprint density at radius 2 is 1.63 bits per heavy atom. The molecule has 2 amide bonds. The van der Waals surface area contributed by atoms with Crippen LogP contribution in [0.5, 0.6) is 0 Å². The van der Waals surface area contributed by atoms with Crippen LogP contribution in [0.2, 0.25) is 0 Å². The van der Waals surface area contributed by atoms with Crippen LogP contribution in [0.15, 0.2) is 48.5 Å². The van der Waals surface area contributed by atoms with E-state index in [0.29, 0.717) is 19.3 Å². The van der Waals surface area contributed by atoms with Crippen molar-refractivity contribution in [2.45, 2.75) is 56.5 Å². The molecule has 0 bridgehead atoms. The number of carboxylic acids is 1. The number of hydrogen-bond donors (Lipinski definition) is 3. The predicted molar refractivity (Wildman–Crippen MR) is 128 cm³/mol. The quantitative estimate of drug-likeness (QED) is 0.422. The van der Waals surface area contributed by atoms with Crippen LogP contribution in [0.25, 0.3) is 11.1 Å².